The molecule has 0 heterocycles. The van der Waals surface area contributed by atoms with E-state index in [2.05, 4.69) is 135 Å². The molecule has 0 aliphatic heterocycles. The molecule has 5 aromatic rings. The lowest BCUT2D eigenvalue weighted by atomic mass is 9.81. The summed E-state index contributed by atoms with van der Waals surface area (Å²) in [6.45, 7) is 4.71. The van der Waals surface area contributed by atoms with Crippen molar-refractivity contribution in [1.82, 2.24) is 0 Å². The topological polar surface area (TPSA) is 0 Å². The average Bonchev–Trinajstić information content (AvgIpc) is 3.09. The van der Waals surface area contributed by atoms with E-state index >= 15 is 0 Å². The quantitative estimate of drug-likeness (QED) is 0.254. The lowest BCUT2D eigenvalue weighted by Gasteiger charge is -2.22. The Morgan fingerprint density at radius 3 is 1.91 bits per heavy atom. The highest BCUT2D eigenvalue weighted by Gasteiger charge is 2.35. The molecule has 0 bridgehead atoms. The van der Waals surface area contributed by atoms with Crippen molar-refractivity contribution in [2.24, 2.45) is 0 Å². The fourth-order valence-corrected chi connectivity index (χ4v) is 5.16. The molecule has 6 rings (SSSR count). The smallest absolute Gasteiger partial charge is 0.0159 e. The Morgan fingerprint density at radius 1 is 0.485 bits per heavy atom. The van der Waals surface area contributed by atoms with Crippen molar-refractivity contribution >= 4 is 22.9 Å². The molecule has 0 N–H and O–H groups in total. The van der Waals surface area contributed by atoms with Gasteiger partial charge >= 0.3 is 0 Å². The van der Waals surface area contributed by atoms with Crippen LogP contribution >= 0.6 is 0 Å². The minimum atomic E-state index is -0.0336. The van der Waals surface area contributed by atoms with Gasteiger partial charge in [-0.25, -0.2) is 0 Å². The lowest BCUT2D eigenvalue weighted by Crippen LogP contribution is -2.15. The van der Waals surface area contributed by atoms with E-state index in [-0.39, 0.29) is 5.41 Å². The first kappa shape index (κ1) is 19.8. The van der Waals surface area contributed by atoms with Crippen LogP contribution in [0.4, 0.5) is 0 Å². The van der Waals surface area contributed by atoms with Gasteiger partial charge in [0.15, 0.2) is 0 Å². The molecule has 33 heavy (non-hydrogen) atoms. The van der Waals surface area contributed by atoms with Gasteiger partial charge in [-0.2, -0.15) is 0 Å². The summed E-state index contributed by atoms with van der Waals surface area (Å²) in [6, 6.07) is 39.7. The van der Waals surface area contributed by atoms with Crippen LogP contribution in [0.3, 0.4) is 0 Å². The Kier molecular flexibility index (Phi) is 4.55. The van der Waals surface area contributed by atoms with Gasteiger partial charge < -0.3 is 0 Å². The van der Waals surface area contributed by atoms with E-state index in [1.54, 1.807) is 0 Å². The molecule has 0 fully saturated rings. The molecule has 0 heteroatoms. The highest BCUT2D eigenvalue weighted by molar-refractivity contribution is 5.89. The SMILES string of the molecule is CC1(C)c2cc(C=Cc3ccccc3)ccc2-c2ccc(-c3ccc4ccccc4c3)cc21. The molecule has 5 aromatic carbocycles. The Labute approximate surface area is 195 Å². The summed E-state index contributed by atoms with van der Waals surface area (Å²) in [4.78, 5) is 0. The molecule has 1 aliphatic carbocycles. The molecule has 0 unspecified atom stereocenters. The van der Waals surface area contributed by atoms with Gasteiger partial charge in [-0.3, -0.25) is 0 Å². The molecule has 0 radical (unpaired) electrons. The van der Waals surface area contributed by atoms with Crippen LogP contribution in [0, 0.1) is 0 Å². The molecule has 158 valence electrons. The lowest BCUT2D eigenvalue weighted by molar-refractivity contribution is 0.660. The maximum atomic E-state index is 2.40. The summed E-state index contributed by atoms with van der Waals surface area (Å²) in [5.74, 6) is 0. The zero-order valence-corrected chi connectivity index (χ0v) is 19.0. The standard InChI is InChI=1S/C33H26/c1-33(2)31-20-24(13-12-23-8-4-3-5-9-23)14-18-29(31)30-19-17-28(22-32(30)33)27-16-15-25-10-6-7-11-26(25)21-27/h3-22H,1-2H3. The molecule has 0 spiro atoms. The molecule has 1 aliphatic rings. The zero-order chi connectivity index (χ0) is 22.4. The minimum absolute atomic E-state index is 0.0336. The third-order valence-corrected chi connectivity index (χ3v) is 7.05. The van der Waals surface area contributed by atoms with Crippen LogP contribution in [0.25, 0.3) is 45.2 Å². The second-order valence-electron chi connectivity index (χ2n) is 9.50. The van der Waals surface area contributed by atoms with Crippen molar-refractivity contribution in [2.45, 2.75) is 19.3 Å². The van der Waals surface area contributed by atoms with Crippen LogP contribution in [0.15, 0.2) is 109 Å². The number of benzene rings is 5. The van der Waals surface area contributed by atoms with Crippen LogP contribution in [-0.4, -0.2) is 0 Å². The van der Waals surface area contributed by atoms with Crippen LogP contribution in [0.2, 0.25) is 0 Å². The Morgan fingerprint density at radius 2 is 1.09 bits per heavy atom. The molecule has 0 atom stereocenters. The van der Waals surface area contributed by atoms with Gasteiger partial charge in [-0.05, 0) is 67.4 Å². The third-order valence-electron chi connectivity index (χ3n) is 7.05. The van der Waals surface area contributed by atoms with E-state index in [1.807, 2.05) is 0 Å². The van der Waals surface area contributed by atoms with Crippen LogP contribution < -0.4 is 0 Å². The van der Waals surface area contributed by atoms with Crippen molar-refractivity contribution in [3.63, 3.8) is 0 Å². The van der Waals surface area contributed by atoms with Gasteiger partial charge in [0.05, 0.1) is 0 Å². The third kappa shape index (κ3) is 3.39. The predicted molar refractivity (Wildman–Crippen MR) is 142 cm³/mol. The summed E-state index contributed by atoms with van der Waals surface area (Å²) >= 11 is 0. The van der Waals surface area contributed by atoms with Crippen molar-refractivity contribution in [3.8, 4) is 22.3 Å². The first-order valence-corrected chi connectivity index (χ1v) is 11.6. The van der Waals surface area contributed by atoms with Gasteiger partial charge in [0.2, 0.25) is 0 Å². The Balaban J connectivity index is 1.39. The number of fused-ring (bicyclic) bond motifs is 4. The van der Waals surface area contributed by atoms with E-state index in [0.717, 1.165) is 0 Å². The highest BCUT2D eigenvalue weighted by Crippen LogP contribution is 2.50. The van der Waals surface area contributed by atoms with Crippen molar-refractivity contribution in [1.29, 1.82) is 0 Å². The zero-order valence-electron chi connectivity index (χ0n) is 19.0. The van der Waals surface area contributed by atoms with E-state index in [0.29, 0.717) is 0 Å². The first-order valence-electron chi connectivity index (χ1n) is 11.6. The normalized spacial score (nSPS) is 13.9. The second kappa shape index (κ2) is 7.60. The van der Waals surface area contributed by atoms with Crippen LogP contribution in [0.5, 0.6) is 0 Å². The maximum absolute atomic E-state index is 2.40. The average molecular weight is 423 g/mol. The monoisotopic (exact) mass is 422 g/mol. The number of hydrogen-bond acceptors (Lipinski definition) is 0. The molecule has 0 saturated carbocycles. The first-order chi connectivity index (χ1) is 16.1. The highest BCUT2D eigenvalue weighted by atomic mass is 14.4. The molecule has 0 aromatic heterocycles. The summed E-state index contributed by atoms with van der Waals surface area (Å²) in [5, 5.41) is 2.57. The van der Waals surface area contributed by atoms with Gasteiger partial charge in [-0.1, -0.05) is 123 Å². The fourth-order valence-electron chi connectivity index (χ4n) is 5.16. The van der Waals surface area contributed by atoms with Gasteiger partial charge in [-0.15, -0.1) is 0 Å². The summed E-state index contributed by atoms with van der Waals surface area (Å²) in [6.07, 6.45) is 4.41. The fraction of sp³-hybridized carbons (Fsp3) is 0.0909. The van der Waals surface area contributed by atoms with Gasteiger partial charge in [0.25, 0.3) is 0 Å². The second-order valence-corrected chi connectivity index (χ2v) is 9.50. The summed E-state index contributed by atoms with van der Waals surface area (Å²) < 4.78 is 0. The number of hydrogen-bond donors (Lipinski definition) is 0. The van der Waals surface area contributed by atoms with Crippen molar-refractivity contribution < 1.29 is 0 Å². The summed E-state index contributed by atoms with van der Waals surface area (Å²) in [7, 11) is 0. The largest absolute Gasteiger partial charge is 0.0622 e. The van der Waals surface area contributed by atoms with Gasteiger partial charge in [0.1, 0.15) is 0 Å². The predicted octanol–water partition coefficient (Wildman–Crippen LogP) is 8.98. The van der Waals surface area contributed by atoms with E-state index in [4.69, 9.17) is 0 Å². The van der Waals surface area contributed by atoms with Crippen LogP contribution in [-0.2, 0) is 5.41 Å². The molecule has 0 saturated heterocycles. The Bertz CT molecular complexity index is 1520. The summed E-state index contributed by atoms with van der Waals surface area (Å²) in [5.41, 5.74) is 10.5. The van der Waals surface area contributed by atoms with E-state index in [9.17, 15) is 0 Å². The number of rotatable bonds is 3. The Hall–Kier alpha value is -3.90. The van der Waals surface area contributed by atoms with Crippen molar-refractivity contribution in [2.75, 3.05) is 0 Å². The molecular weight excluding hydrogens is 396 g/mol. The maximum Gasteiger partial charge on any atom is 0.0159 e. The van der Waals surface area contributed by atoms with E-state index in [1.165, 1.54) is 55.3 Å². The van der Waals surface area contributed by atoms with Gasteiger partial charge in [0, 0.05) is 5.41 Å². The van der Waals surface area contributed by atoms with Crippen LogP contribution in [0.1, 0.15) is 36.1 Å². The molecular formula is C33H26. The molecule has 0 nitrogen and oxygen atoms in total. The van der Waals surface area contributed by atoms with E-state index < -0.39 is 0 Å². The minimum Gasteiger partial charge on any atom is -0.0622 e. The van der Waals surface area contributed by atoms with Crippen molar-refractivity contribution in [3.05, 3.63) is 131 Å². The molecule has 0 amide bonds.